The van der Waals surface area contributed by atoms with E-state index < -0.39 is 5.97 Å². The quantitative estimate of drug-likeness (QED) is 0.0534. The van der Waals surface area contributed by atoms with Crippen molar-refractivity contribution >= 4 is 17.8 Å². The van der Waals surface area contributed by atoms with Crippen LogP contribution in [-0.4, -0.2) is 36.0 Å². The number of unbranched alkanes of at least 4 members (excludes halogenated alkanes) is 36. The van der Waals surface area contributed by atoms with Gasteiger partial charge in [0.15, 0.2) is 0 Å². The van der Waals surface area contributed by atoms with Crippen molar-refractivity contribution in [1.82, 2.24) is 10.6 Å². The fourth-order valence-electron chi connectivity index (χ4n) is 7.64. The fraction of sp³-hybridized carbons (Fsp3) is 0.941. The summed E-state index contributed by atoms with van der Waals surface area (Å²) in [5.41, 5.74) is -0.133. The number of hydrogen-bond acceptors (Lipinski definition) is 3. The van der Waals surface area contributed by atoms with Crippen molar-refractivity contribution in [2.24, 2.45) is 5.41 Å². The van der Waals surface area contributed by atoms with E-state index in [1.807, 2.05) is 0 Å². The minimum atomic E-state index is -0.833. The number of hydrogen-bond donors (Lipinski definition) is 3. The van der Waals surface area contributed by atoms with Crippen molar-refractivity contribution in [1.29, 1.82) is 0 Å². The van der Waals surface area contributed by atoms with Crippen molar-refractivity contribution in [2.45, 2.75) is 291 Å². The number of carbonyl (C=O) groups is 3. The lowest BCUT2D eigenvalue weighted by molar-refractivity contribution is -0.134. The minimum Gasteiger partial charge on any atom is -0.481 e. The van der Waals surface area contributed by atoms with Gasteiger partial charge < -0.3 is 15.7 Å². The molecule has 0 heterocycles. The van der Waals surface area contributed by atoms with Crippen LogP contribution < -0.4 is 10.6 Å². The Kier molecular flexibility index (Phi) is 47.5. The predicted octanol–water partition coefficient (Wildman–Crippen LogP) is 16.0. The van der Waals surface area contributed by atoms with Crippen molar-refractivity contribution in [2.75, 3.05) is 13.1 Å². The van der Waals surface area contributed by atoms with Crippen LogP contribution in [0.3, 0.4) is 0 Å². The van der Waals surface area contributed by atoms with Crippen LogP contribution in [0.4, 0.5) is 0 Å². The van der Waals surface area contributed by atoms with Gasteiger partial charge in [-0.15, -0.1) is 0 Å². The highest BCUT2D eigenvalue weighted by molar-refractivity contribution is 5.76. The number of rotatable bonds is 44. The van der Waals surface area contributed by atoms with E-state index in [0.717, 1.165) is 32.6 Å². The summed E-state index contributed by atoms with van der Waals surface area (Å²) in [4.78, 5) is 33.8. The molecule has 0 aromatic heterocycles. The summed E-state index contributed by atoms with van der Waals surface area (Å²) in [7, 11) is 0. The molecule has 0 aliphatic rings. The smallest absolute Gasteiger partial charge is 0.300 e. The number of carboxylic acids is 1. The number of aliphatic carboxylic acids is 1. The van der Waals surface area contributed by atoms with Gasteiger partial charge in [-0.3, -0.25) is 14.4 Å². The molecule has 2 amide bonds. The third kappa shape index (κ3) is 54.4. The molecule has 0 saturated carbocycles. The molecule has 0 spiro atoms. The standard InChI is InChI=1S/C49H98N2O2.C2H4O2/c1-5-7-9-11-13-15-17-19-21-23-25-27-29-31-33-35-37-39-41-43-47(52)50-45-49(3,4)46-51-48(53)44-42-40-38-36-34-32-30-28-26-24-22-20-18-16-14-12-10-8-6-2;1-2(3)4/h5-46H2,1-4H3,(H,50,52)(H,51,53);1H3,(H,3,4). The summed E-state index contributed by atoms with van der Waals surface area (Å²) in [5, 5.41) is 13.7. The highest BCUT2D eigenvalue weighted by atomic mass is 16.4. The van der Waals surface area contributed by atoms with Crippen LogP contribution in [0, 0.1) is 5.41 Å². The molecular formula is C51H102N2O4. The third-order valence-electron chi connectivity index (χ3n) is 11.5. The van der Waals surface area contributed by atoms with Crippen molar-refractivity contribution in [3.05, 3.63) is 0 Å². The highest BCUT2D eigenvalue weighted by Gasteiger charge is 2.19. The maximum atomic E-state index is 12.4. The van der Waals surface area contributed by atoms with E-state index in [4.69, 9.17) is 9.90 Å². The van der Waals surface area contributed by atoms with E-state index in [2.05, 4.69) is 38.3 Å². The zero-order valence-corrected chi connectivity index (χ0v) is 39.4. The Hall–Kier alpha value is -1.59. The third-order valence-corrected chi connectivity index (χ3v) is 11.5. The Bertz CT molecular complexity index is 781. The first-order valence-corrected chi connectivity index (χ1v) is 25.4. The van der Waals surface area contributed by atoms with Crippen LogP contribution in [0.15, 0.2) is 0 Å². The lowest BCUT2D eigenvalue weighted by atomic mass is 9.93. The molecule has 340 valence electrons. The molecule has 3 N–H and O–H groups in total. The van der Waals surface area contributed by atoms with Gasteiger partial charge in [0.2, 0.25) is 11.8 Å². The van der Waals surface area contributed by atoms with Gasteiger partial charge in [0, 0.05) is 32.9 Å². The number of carbonyl (C=O) groups excluding carboxylic acids is 2. The van der Waals surface area contributed by atoms with E-state index in [1.165, 1.54) is 218 Å². The topological polar surface area (TPSA) is 95.5 Å². The van der Waals surface area contributed by atoms with Gasteiger partial charge in [0.25, 0.3) is 5.97 Å². The number of nitrogens with one attached hydrogen (secondary N) is 2. The van der Waals surface area contributed by atoms with Gasteiger partial charge >= 0.3 is 0 Å². The van der Waals surface area contributed by atoms with Gasteiger partial charge in [-0.05, 0) is 18.3 Å². The predicted molar refractivity (Wildman–Crippen MR) is 249 cm³/mol. The molecule has 0 radical (unpaired) electrons. The van der Waals surface area contributed by atoms with Gasteiger partial charge in [-0.2, -0.15) is 0 Å². The minimum absolute atomic E-state index is 0.133. The average molecular weight is 807 g/mol. The molecule has 0 bridgehead atoms. The van der Waals surface area contributed by atoms with Crippen LogP contribution in [-0.2, 0) is 14.4 Å². The Morgan fingerprint density at radius 2 is 0.509 bits per heavy atom. The van der Waals surface area contributed by atoms with Crippen LogP contribution >= 0.6 is 0 Å². The first kappa shape index (κ1) is 57.5. The maximum Gasteiger partial charge on any atom is 0.300 e. The molecule has 6 nitrogen and oxygen atoms in total. The highest BCUT2D eigenvalue weighted by Crippen LogP contribution is 2.17. The number of carboxylic acid groups (broad SMARTS) is 1. The zero-order valence-electron chi connectivity index (χ0n) is 39.4. The molecule has 0 aliphatic carbocycles. The second kappa shape index (κ2) is 47.1. The molecule has 57 heavy (non-hydrogen) atoms. The van der Waals surface area contributed by atoms with E-state index >= 15 is 0 Å². The van der Waals surface area contributed by atoms with Crippen LogP contribution in [0.25, 0.3) is 0 Å². The normalized spacial score (nSPS) is 11.3. The Morgan fingerprint density at radius 3 is 0.684 bits per heavy atom. The van der Waals surface area contributed by atoms with Gasteiger partial charge in [-0.25, -0.2) is 0 Å². The molecule has 0 fully saturated rings. The van der Waals surface area contributed by atoms with E-state index in [0.29, 0.717) is 25.9 Å². The zero-order chi connectivity index (χ0) is 42.3. The molecule has 0 atom stereocenters. The SMILES string of the molecule is CC(=O)O.CCCCCCCCCCCCCCCCCCCCCC(=O)NCC(C)(C)CNC(=O)CCCCCCCCCCCCCCCCCCCCC. The van der Waals surface area contributed by atoms with Gasteiger partial charge in [0.1, 0.15) is 0 Å². The lowest BCUT2D eigenvalue weighted by Crippen LogP contribution is -2.42. The first-order chi connectivity index (χ1) is 27.6. The Labute approximate surface area is 356 Å². The monoisotopic (exact) mass is 807 g/mol. The fourth-order valence-corrected chi connectivity index (χ4v) is 7.64. The maximum absolute atomic E-state index is 12.4. The second-order valence-corrected chi connectivity index (χ2v) is 18.5. The van der Waals surface area contributed by atoms with Crippen molar-refractivity contribution in [3.8, 4) is 0 Å². The van der Waals surface area contributed by atoms with E-state index in [1.54, 1.807) is 0 Å². The average Bonchev–Trinajstić information content (AvgIpc) is 3.18. The lowest BCUT2D eigenvalue weighted by Gasteiger charge is -2.25. The number of amides is 2. The molecule has 0 rings (SSSR count). The molecule has 6 heteroatoms. The molecule has 0 aromatic rings. The van der Waals surface area contributed by atoms with Gasteiger partial charge in [0.05, 0.1) is 0 Å². The van der Waals surface area contributed by atoms with E-state index in [-0.39, 0.29) is 17.2 Å². The molecule has 0 aromatic carbocycles. The van der Waals surface area contributed by atoms with Crippen LogP contribution in [0.2, 0.25) is 0 Å². The first-order valence-electron chi connectivity index (χ1n) is 25.4. The van der Waals surface area contributed by atoms with E-state index in [9.17, 15) is 9.59 Å². The molecular weight excluding hydrogens is 705 g/mol. The summed E-state index contributed by atoms with van der Waals surface area (Å²) in [6.07, 6.45) is 53.3. The van der Waals surface area contributed by atoms with Crippen LogP contribution in [0.1, 0.15) is 291 Å². The largest absolute Gasteiger partial charge is 0.481 e. The molecule has 0 aliphatic heterocycles. The molecule has 0 saturated heterocycles. The summed E-state index contributed by atoms with van der Waals surface area (Å²) in [5.74, 6) is -0.518. The van der Waals surface area contributed by atoms with Crippen molar-refractivity contribution in [3.63, 3.8) is 0 Å². The Balaban J connectivity index is 0. The van der Waals surface area contributed by atoms with Crippen molar-refractivity contribution < 1.29 is 19.5 Å². The summed E-state index contributed by atoms with van der Waals surface area (Å²) >= 11 is 0. The summed E-state index contributed by atoms with van der Waals surface area (Å²) in [6, 6.07) is 0. The van der Waals surface area contributed by atoms with Gasteiger partial charge in [-0.1, -0.05) is 259 Å². The van der Waals surface area contributed by atoms with Crippen LogP contribution in [0.5, 0.6) is 0 Å². The Morgan fingerprint density at radius 1 is 0.351 bits per heavy atom. The second-order valence-electron chi connectivity index (χ2n) is 18.5. The summed E-state index contributed by atoms with van der Waals surface area (Å²) in [6.45, 7) is 11.2. The summed E-state index contributed by atoms with van der Waals surface area (Å²) < 4.78 is 0. The molecule has 0 unspecified atom stereocenters.